The number of hydrogen-bond acceptors (Lipinski definition) is 4. The minimum absolute atomic E-state index is 0.0320. The summed E-state index contributed by atoms with van der Waals surface area (Å²) in [5.74, 6) is 1.60. The Morgan fingerprint density at radius 3 is 2.79 bits per heavy atom. The smallest absolute Gasteiger partial charge is 0.272 e. The third kappa shape index (κ3) is 2.62. The van der Waals surface area contributed by atoms with Crippen LogP contribution in [0.4, 0.5) is 0 Å². The fourth-order valence-electron chi connectivity index (χ4n) is 3.47. The molecule has 126 valence electrons. The molecule has 1 saturated heterocycles. The first-order chi connectivity index (χ1) is 11.7. The number of fused-ring (bicyclic) bond motifs is 1. The molecule has 2 aliphatic heterocycles. The highest BCUT2D eigenvalue weighted by Gasteiger charge is 2.32. The summed E-state index contributed by atoms with van der Waals surface area (Å²) in [4.78, 5) is 14.8. The van der Waals surface area contributed by atoms with Gasteiger partial charge in [0.15, 0.2) is 11.5 Å². The largest absolute Gasteiger partial charge is 0.490 e. The first-order valence-corrected chi connectivity index (χ1v) is 8.42. The molecule has 1 fully saturated rings. The van der Waals surface area contributed by atoms with Crippen LogP contribution < -0.4 is 9.47 Å². The number of carbonyl (C=O) groups is 1. The number of amides is 1. The van der Waals surface area contributed by atoms with E-state index in [0.29, 0.717) is 18.9 Å². The van der Waals surface area contributed by atoms with Crippen molar-refractivity contribution in [2.75, 3.05) is 19.8 Å². The van der Waals surface area contributed by atoms with Crippen molar-refractivity contribution < 1.29 is 14.3 Å². The summed E-state index contributed by atoms with van der Waals surface area (Å²) in [6.07, 6.45) is 4.51. The second-order valence-corrected chi connectivity index (χ2v) is 6.25. The van der Waals surface area contributed by atoms with Crippen LogP contribution in [-0.2, 0) is 7.05 Å². The predicted molar refractivity (Wildman–Crippen MR) is 88.3 cm³/mol. The Morgan fingerprint density at radius 1 is 1.17 bits per heavy atom. The van der Waals surface area contributed by atoms with Gasteiger partial charge in [-0.3, -0.25) is 9.48 Å². The second kappa shape index (κ2) is 6.19. The summed E-state index contributed by atoms with van der Waals surface area (Å²) < 4.78 is 13.1. The van der Waals surface area contributed by atoms with E-state index in [0.717, 1.165) is 42.9 Å². The summed E-state index contributed by atoms with van der Waals surface area (Å²) in [7, 11) is 1.80. The Morgan fingerprint density at radius 2 is 2.00 bits per heavy atom. The van der Waals surface area contributed by atoms with Gasteiger partial charge in [0, 0.05) is 26.2 Å². The van der Waals surface area contributed by atoms with E-state index < -0.39 is 0 Å². The van der Waals surface area contributed by atoms with Gasteiger partial charge in [0.2, 0.25) is 0 Å². The minimum Gasteiger partial charge on any atom is -0.490 e. The zero-order valence-electron chi connectivity index (χ0n) is 13.8. The standard InChI is InChI=1S/C18H21N3O3/c1-20-15(7-8-19-20)18(22)21-9-2-4-14(21)13-5-6-16-17(12-13)24-11-3-10-23-16/h5-8,12,14H,2-4,9-11H2,1H3. The van der Waals surface area contributed by atoms with Crippen LogP contribution in [0.5, 0.6) is 11.5 Å². The molecule has 2 aliphatic rings. The van der Waals surface area contributed by atoms with E-state index in [4.69, 9.17) is 9.47 Å². The molecule has 0 aliphatic carbocycles. The molecule has 6 heteroatoms. The fourth-order valence-corrected chi connectivity index (χ4v) is 3.47. The topological polar surface area (TPSA) is 56.6 Å². The SMILES string of the molecule is Cn1nccc1C(=O)N1CCCC1c1ccc2c(c1)OCCCO2. The van der Waals surface area contributed by atoms with Crippen LogP contribution in [-0.4, -0.2) is 40.3 Å². The monoisotopic (exact) mass is 327 g/mol. The zero-order chi connectivity index (χ0) is 16.5. The van der Waals surface area contributed by atoms with E-state index in [2.05, 4.69) is 5.10 Å². The van der Waals surface area contributed by atoms with E-state index in [1.807, 2.05) is 23.1 Å². The highest BCUT2D eigenvalue weighted by atomic mass is 16.5. The molecule has 3 heterocycles. The molecule has 0 saturated carbocycles. The predicted octanol–water partition coefficient (Wildman–Crippen LogP) is 2.56. The van der Waals surface area contributed by atoms with Crippen LogP contribution >= 0.6 is 0 Å². The van der Waals surface area contributed by atoms with Crippen molar-refractivity contribution in [3.05, 3.63) is 41.7 Å². The van der Waals surface area contributed by atoms with Crippen LogP contribution in [0.15, 0.2) is 30.5 Å². The number of rotatable bonds is 2. The Kier molecular flexibility index (Phi) is 3.88. The quantitative estimate of drug-likeness (QED) is 0.851. The van der Waals surface area contributed by atoms with Gasteiger partial charge in [0.05, 0.1) is 19.3 Å². The van der Waals surface area contributed by atoms with Gasteiger partial charge in [-0.25, -0.2) is 0 Å². The molecule has 6 nitrogen and oxygen atoms in total. The van der Waals surface area contributed by atoms with E-state index in [1.165, 1.54) is 0 Å². The number of benzene rings is 1. The average Bonchev–Trinajstić information content (AvgIpc) is 3.18. The molecule has 2 aromatic rings. The lowest BCUT2D eigenvalue weighted by atomic mass is 10.0. The number of likely N-dealkylation sites (tertiary alicyclic amines) is 1. The molecule has 1 unspecified atom stereocenters. The van der Waals surface area contributed by atoms with Crippen LogP contribution in [0.1, 0.15) is 41.4 Å². The molecule has 0 spiro atoms. The molecule has 1 aromatic carbocycles. The molecule has 1 amide bonds. The Balaban J connectivity index is 1.62. The van der Waals surface area contributed by atoms with E-state index in [1.54, 1.807) is 24.0 Å². The van der Waals surface area contributed by atoms with Crippen molar-refractivity contribution in [3.8, 4) is 11.5 Å². The summed E-state index contributed by atoms with van der Waals surface area (Å²) in [6, 6.07) is 7.88. The maximum atomic E-state index is 12.9. The van der Waals surface area contributed by atoms with Crippen molar-refractivity contribution in [3.63, 3.8) is 0 Å². The van der Waals surface area contributed by atoms with Crippen LogP contribution in [0.3, 0.4) is 0 Å². The minimum atomic E-state index is 0.0320. The van der Waals surface area contributed by atoms with Crippen LogP contribution in [0.2, 0.25) is 0 Å². The molecule has 4 rings (SSSR count). The summed E-state index contributed by atoms with van der Waals surface area (Å²) in [5, 5.41) is 4.11. The molecule has 1 aromatic heterocycles. The zero-order valence-corrected chi connectivity index (χ0v) is 13.8. The molecule has 0 N–H and O–H groups in total. The Labute approximate surface area is 141 Å². The number of aryl methyl sites for hydroxylation is 1. The van der Waals surface area contributed by atoms with E-state index in [-0.39, 0.29) is 11.9 Å². The summed E-state index contributed by atoms with van der Waals surface area (Å²) in [5.41, 5.74) is 1.73. The number of hydrogen-bond donors (Lipinski definition) is 0. The lowest BCUT2D eigenvalue weighted by Crippen LogP contribution is -2.32. The third-order valence-electron chi connectivity index (χ3n) is 4.71. The summed E-state index contributed by atoms with van der Waals surface area (Å²) in [6.45, 7) is 2.11. The lowest BCUT2D eigenvalue weighted by Gasteiger charge is -2.25. The Bertz CT molecular complexity index is 756. The highest BCUT2D eigenvalue weighted by Crippen LogP contribution is 2.38. The average molecular weight is 327 g/mol. The van der Waals surface area contributed by atoms with Gasteiger partial charge in [-0.2, -0.15) is 5.10 Å². The first-order valence-electron chi connectivity index (χ1n) is 8.42. The van der Waals surface area contributed by atoms with Crippen molar-refractivity contribution in [1.82, 2.24) is 14.7 Å². The maximum Gasteiger partial charge on any atom is 0.272 e. The van der Waals surface area contributed by atoms with Gasteiger partial charge >= 0.3 is 0 Å². The first kappa shape index (κ1) is 15.1. The van der Waals surface area contributed by atoms with Gasteiger partial charge in [-0.15, -0.1) is 0 Å². The van der Waals surface area contributed by atoms with E-state index in [9.17, 15) is 4.79 Å². The highest BCUT2D eigenvalue weighted by molar-refractivity contribution is 5.93. The van der Waals surface area contributed by atoms with Crippen molar-refractivity contribution in [2.45, 2.75) is 25.3 Å². The van der Waals surface area contributed by atoms with Gasteiger partial charge in [0.25, 0.3) is 5.91 Å². The molecule has 0 bridgehead atoms. The third-order valence-corrected chi connectivity index (χ3v) is 4.71. The maximum absolute atomic E-state index is 12.9. The van der Waals surface area contributed by atoms with Gasteiger partial charge in [0.1, 0.15) is 5.69 Å². The normalized spacial score (nSPS) is 20.0. The van der Waals surface area contributed by atoms with Gasteiger partial charge in [-0.1, -0.05) is 6.07 Å². The molecular formula is C18H21N3O3. The number of ether oxygens (including phenoxy) is 2. The van der Waals surface area contributed by atoms with E-state index >= 15 is 0 Å². The molecular weight excluding hydrogens is 306 g/mol. The molecule has 1 atom stereocenters. The second-order valence-electron chi connectivity index (χ2n) is 6.25. The van der Waals surface area contributed by atoms with Crippen molar-refractivity contribution in [2.24, 2.45) is 7.05 Å². The van der Waals surface area contributed by atoms with Crippen molar-refractivity contribution >= 4 is 5.91 Å². The van der Waals surface area contributed by atoms with Gasteiger partial charge < -0.3 is 14.4 Å². The van der Waals surface area contributed by atoms with Gasteiger partial charge in [-0.05, 0) is 36.6 Å². The fraction of sp³-hybridized carbons (Fsp3) is 0.444. The summed E-state index contributed by atoms with van der Waals surface area (Å²) >= 11 is 0. The number of nitrogens with zero attached hydrogens (tertiary/aromatic N) is 3. The lowest BCUT2D eigenvalue weighted by molar-refractivity contribution is 0.0724. The van der Waals surface area contributed by atoms with Crippen LogP contribution in [0, 0.1) is 0 Å². The Hall–Kier alpha value is -2.50. The van der Waals surface area contributed by atoms with Crippen LogP contribution in [0.25, 0.3) is 0 Å². The van der Waals surface area contributed by atoms with Crippen molar-refractivity contribution in [1.29, 1.82) is 0 Å². The molecule has 0 radical (unpaired) electrons. The number of aromatic nitrogens is 2. The number of carbonyl (C=O) groups excluding carboxylic acids is 1. The molecule has 24 heavy (non-hydrogen) atoms.